The lowest BCUT2D eigenvalue weighted by Crippen LogP contribution is -2.50. The zero-order valence-electron chi connectivity index (χ0n) is 24.4. The molecule has 2 unspecified atom stereocenters. The first-order valence-corrected chi connectivity index (χ1v) is 15.1. The molecule has 2 N–H and O–H groups in total. The molecule has 5 heterocycles. The van der Waals surface area contributed by atoms with Crippen LogP contribution in [0.25, 0.3) is 32.9 Å². The maximum atomic E-state index is 16.8. The van der Waals surface area contributed by atoms with Gasteiger partial charge in [-0.15, -0.1) is 6.42 Å². The Balaban J connectivity index is 1.41. The number of pyridine rings is 1. The Morgan fingerprint density at radius 3 is 2.82 bits per heavy atom. The van der Waals surface area contributed by atoms with Gasteiger partial charge >= 0.3 is 6.01 Å². The zero-order valence-corrected chi connectivity index (χ0v) is 24.4. The summed E-state index contributed by atoms with van der Waals surface area (Å²) in [6.45, 7) is 5.30. The van der Waals surface area contributed by atoms with Gasteiger partial charge in [0.2, 0.25) is 0 Å². The number of benzene rings is 2. The molecule has 4 aromatic rings. The van der Waals surface area contributed by atoms with Gasteiger partial charge in [0.15, 0.2) is 5.82 Å². The molecule has 4 atom stereocenters. The van der Waals surface area contributed by atoms with E-state index in [-0.39, 0.29) is 57.7 Å². The third-order valence-corrected chi connectivity index (χ3v) is 9.17. The van der Waals surface area contributed by atoms with Crippen LogP contribution in [0.5, 0.6) is 11.8 Å². The fraction of sp³-hybridized carbons (Fsp3) is 0.424. The lowest BCUT2D eigenvalue weighted by atomic mass is 9.96. The molecule has 3 aliphatic heterocycles. The molecule has 0 bridgehead atoms. The molecule has 0 radical (unpaired) electrons. The maximum Gasteiger partial charge on any atom is 0.319 e. The van der Waals surface area contributed by atoms with Gasteiger partial charge in [0.05, 0.1) is 10.9 Å². The van der Waals surface area contributed by atoms with Crippen molar-refractivity contribution >= 4 is 27.5 Å². The highest BCUT2D eigenvalue weighted by molar-refractivity contribution is 6.03. The number of phenolic OH excluding ortho intramolecular Hbond substituents is 1. The van der Waals surface area contributed by atoms with E-state index in [0.29, 0.717) is 55.6 Å². The van der Waals surface area contributed by atoms with E-state index in [2.05, 4.69) is 37.9 Å². The number of hydrogen-bond donors (Lipinski definition) is 2. The summed E-state index contributed by atoms with van der Waals surface area (Å²) in [7, 11) is 0. The van der Waals surface area contributed by atoms with Crippen LogP contribution >= 0.6 is 0 Å². The summed E-state index contributed by atoms with van der Waals surface area (Å²) in [5.41, 5.74) is -0.0665. The monoisotopic (exact) mass is 602 g/mol. The molecule has 0 spiro atoms. The number of aromatic hydroxyl groups is 1. The van der Waals surface area contributed by atoms with Gasteiger partial charge in [0, 0.05) is 55.4 Å². The van der Waals surface area contributed by atoms with Crippen LogP contribution in [0.3, 0.4) is 0 Å². The first-order valence-electron chi connectivity index (χ1n) is 15.1. The standard InChI is InChI=1S/C33H33F3N6O2/c1-3-22-25(35)8-6-19-13-21(43)14-23(28(19)22)30-29(36)31-24(16-38-30)32(42-12-10-37-15-18(42)2)40-33(39-31)44-27-9-7-20(34)17-41-11-4-5-26(27)41/h1,6,8,13-14,16,18,20,26-27,37,43H,4-5,7,9-12,15,17H2,2H3/t18?,20-,26-,27?/m1/s1. The van der Waals surface area contributed by atoms with Crippen molar-refractivity contribution in [2.45, 2.75) is 57.0 Å². The number of alkyl halides is 1. The molecular formula is C33H33F3N6O2. The molecule has 11 heteroatoms. The van der Waals surface area contributed by atoms with E-state index in [0.717, 1.165) is 19.4 Å². The highest BCUT2D eigenvalue weighted by atomic mass is 19.1. The minimum atomic E-state index is -0.931. The topological polar surface area (TPSA) is 86.6 Å². The fourth-order valence-corrected chi connectivity index (χ4v) is 7.05. The Morgan fingerprint density at radius 1 is 1.14 bits per heavy atom. The number of ether oxygens (including phenoxy) is 1. The molecule has 3 saturated heterocycles. The number of nitrogens with one attached hydrogen (secondary N) is 1. The van der Waals surface area contributed by atoms with Crippen LogP contribution in [0.4, 0.5) is 19.0 Å². The summed E-state index contributed by atoms with van der Waals surface area (Å²) in [4.78, 5) is 18.1. The van der Waals surface area contributed by atoms with Crippen molar-refractivity contribution in [3.8, 4) is 35.4 Å². The van der Waals surface area contributed by atoms with Crippen molar-refractivity contribution in [1.29, 1.82) is 0 Å². The maximum absolute atomic E-state index is 16.8. The molecule has 2 aromatic heterocycles. The average molecular weight is 603 g/mol. The third-order valence-electron chi connectivity index (χ3n) is 9.17. The first-order chi connectivity index (χ1) is 21.3. The highest BCUT2D eigenvalue weighted by Gasteiger charge is 2.38. The van der Waals surface area contributed by atoms with Gasteiger partial charge in [-0.1, -0.05) is 12.0 Å². The van der Waals surface area contributed by atoms with Crippen LogP contribution in [0, 0.1) is 24.0 Å². The molecular weight excluding hydrogens is 569 g/mol. The normalized spacial score (nSPS) is 24.3. The quantitative estimate of drug-likeness (QED) is 0.318. The van der Waals surface area contributed by atoms with E-state index >= 15 is 4.39 Å². The van der Waals surface area contributed by atoms with Gasteiger partial charge in [0.25, 0.3) is 0 Å². The van der Waals surface area contributed by atoms with E-state index in [1.54, 1.807) is 0 Å². The lowest BCUT2D eigenvalue weighted by molar-refractivity contribution is 0.0910. The summed E-state index contributed by atoms with van der Waals surface area (Å²) in [5, 5.41) is 15.0. The van der Waals surface area contributed by atoms with E-state index in [1.807, 2.05) is 0 Å². The average Bonchev–Trinajstić information content (AvgIpc) is 3.41. The van der Waals surface area contributed by atoms with Crippen LogP contribution in [0.15, 0.2) is 30.5 Å². The first kappa shape index (κ1) is 28.6. The third kappa shape index (κ3) is 4.96. The van der Waals surface area contributed by atoms with Crippen LogP contribution in [-0.4, -0.2) is 82.0 Å². The van der Waals surface area contributed by atoms with Crippen molar-refractivity contribution in [1.82, 2.24) is 25.2 Å². The number of terminal acetylenes is 1. The van der Waals surface area contributed by atoms with Crippen LogP contribution < -0.4 is 15.0 Å². The Kier molecular flexibility index (Phi) is 7.42. The summed E-state index contributed by atoms with van der Waals surface area (Å²) in [5.74, 6) is 1.30. The van der Waals surface area contributed by atoms with Crippen molar-refractivity contribution in [2.24, 2.45) is 0 Å². The Labute approximate surface area is 253 Å². The van der Waals surface area contributed by atoms with E-state index in [9.17, 15) is 13.9 Å². The molecule has 8 nitrogen and oxygen atoms in total. The highest BCUT2D eigenvalue weighted by Crippen LogP contribution is 2.39. The van der Waals surface area contributed by atoms with Crippen molar-refractivity contribution in [3.05, 3.63) is 47.7 Å². The molecule has 0 amide bonds. The number of nitrogens with zero attached hydrogens (tertiary/aromatic N) is 5. The number of fused-ring (bicyclic) bond motifs is 3. The molecule has 2 aromatic carbocycles. The number of piperazine rings is 1. The number of hydrogen-bond acceptors (Lipinski definition) is 8. The number of phenols is 1. The smallest absolute Gasteiger partial charge is 0.319 e. The van der Waals surface area contributed by atoms with Gasteiger partial charge in [-0.2, -0.15) is 9.97 Å². The van der Waals surface area contributed by atoms with Crippen molar-refractivity contribution in [2.75, 3.05) is 37.6 Å². The SMILES string of the molecule is C#Cc1c(F)ccc2cc(O)cc(-c3ncc4c(N5CCNCC5C)nc(OC5CC[C@@H](F)CN6CCC[C@H]56)nc4c3F)c12. The number of aromatic nitrogens is 3. The predicted octanol–water partition coefficient (Wildman–Crippen LogP) is 4.95. The molecule has 228 valence electrons. The molecule has 7 rings (SSSR count). The van der Waals surface area contributed by atoms with Gasteiger partial charge in [-0.25, -0.2) is 13.2 Å². The summed E-state index contributed by atoms with van der Waals surface area (Å²) in [6.07, 6.45) is 8.61. The van der Waals surface area contributed by atoms with Crippen molar-refractivity contribution < 1.29 is 23.0 Å². The molecule has 0 aliphatic carbocycles. The Hall–Kier alpha value is -4.14. The summed E-state index contributed by atoms with van der Waals surface area (Å²) >= 11 is 0. The van der Waals surface area contributed by atoms with Crippen LogP contribution in [0.1, 0.15) is 38.2 Å². The van der Waals surface area contributed by atoms with E-state index < -0.39 is 17.8 Å². The van der Waals surface area contributed by atoms with Gasteiger partial charge < -0.3 is 20.1 Å². The van der Waals surface area contributed by atoms with Crippen LogP contribution in [-0.2, 0) is 0 Å². The van der Waals surface area contributed by atoms with Gasteiger partial charge in [0.1, 0.15) is 40.9 Å². The van der Waals surface area contributed by atoms with Crippen LogP contribution in [0.2, 0.25) is 0 Å². The molecule has 3 fully saturated rings. The lowest BCUT2D eigenvalue weighted by Gasteiger charge is -2.35. The predicted molar refractivity (Wildman–Crippen MR) is 163 cm³/mol. The minimum Gasteiger partial charge on any atom is -0.508 e. The second kappa shape index (κ2) is 11.4. The van der Waals surface area contributed by atoms with Gasteiger partial charge in [-0.3, -0.25) is 9.88 Å². The number of halogens is 3. The Morgan fingerprint density at radius 2 is 2.00 bits per heavy atom. The summed E-state index contributed by atoms with van der Waals surface area (Å²) < 4.78 is 52.6. The second-order valence-corrected chi connectivity index (χ2v) is 12.0. The fourth-order valence-electron chi connectivity index (χ4n) is 7.05. The minimum absolute atomic E-state index is 0.0135. The number of anilines is 1. The van der Waals surface area contributed by atoms with E-state index in [4.69, 9.17) is 16.1 Å². The van der Waals surface area contributed by atoms with Crippen molar-refractivity contribution in [3.63, 3.8) is 0 Å². The number of rotatable bonds is 4. The molecule has 0 saturated carbocycles. The molecule has 44 heavy (non-hydrogen) atoms. The van der Waals surface area contributed by atoms with E-state index in [1.165, 1.54) is 30.5 Å². The second-order valence-electron chi connectivity index (χ2n) is 12.0. The zero-order chi connectivity index (χ0) is 30.5. The Bertz CT molecular complexity index is 1800. The summed E-state index contributed by atoms with van der Waals surface area (Å²) in [6, 6.07) is 5.55. The molecule has 3 aliphatic rings. The largest absolute Gasteiger partial charge is 0.508 e. The van der Waals surface area contributed by atoms with Gasteiger partial charge in [-0.05, 0) is 62.7 Å².